The van der Waals surface area contributed by atoms with Crippen molar-refractivity contribution in [3.05, 3.63) is 46.5 Å². The number of alkyl halides is 3. The molecule has 0 bridgehead atoms. The van der Waals surface area contributed by atoms with E-state index in [1.807, 2.05) is 4.90 Å². The van der Waals surface area contributed by atoms with Crippen molar-refractivity contribution in [1.29, 1.82) is 0 Å². The highest BCUT2D eigenvalue weighted by Crippen LogP contribution is 2.31. The zero-order valence-corrected chi connectivity index (χ0v) is 14.0. The average Bonchev–Trinajstić information content (AvgIpc) is 3.10. The number of rotatable bonds is 4. The molecule has 2 aromatic rings. The molecule has 25 heavy (non-hydrogen) atoms. The number of carbonyl (C=O) groups is 1. The van der Waals surface area contributed by atoms with Crippen molar-refractivity contribution in [1.82, 2.24) is 10.3 Å². The van der Waals surface area contributed by atoms with Crippen molar-refractivity contribution in [2.45, 2.75) is 12.7 Å². The molecule has 1 N–H and O–H groups in total. The Morgan fingerprint density at radius 1 is 1.28 bits per heavy atom. The van der Waals surface area contributed by atoms with Gasteiger partial charge in [-0.15, -0.1) is 11.3 Å². The molecule has 1 aromatic carbocycles. The number of hydrogen-bond donors (Lipinski definition) is 1. The minimum atomic E-state index is -4.45. The fourth-order valence-electron chi connectivity index (χ4n) is 2.49. The normalized spacial score (nSPS) is 15.2. The van der Waals surface area contributed by atoms with Crippen LogP contribution in [0.15, 0.2) is 29.6 Å². The number of hydrogen-bond acceptors (Lipinski definition) is 5. The summed E-state index contributed by atoms with van der Waals surface area (Å²) in [6.45, 7) is 2.41. The maximum absolute atomic E-state index is 13.0. The van der Waals surface area contributed by atoms with Gasteiger partial charge in [0, 0.05) is 25.0 Å². The molecule has 0 spiro atoms. The third-order valence-corrected chi connectivity index (χ3v) is 4.67. The van der Waals surface area contributed by atoms with Gasteiger partial charge in [-0.25, -0.2) is 4.98 Å². The SMILES string of the molecule is O=C(NCc1ccccc1C(F)(F)F)c1csc(N2CCOCC2)n1. The number of morpholine rings is 1. The first-order chi connectivity index (χ1) is 11.9. The van der Waals surface area contributed by atoms with Crippen molar-refractivity contribution in [2.75, 3.05) is 31.2 Å². The van der Waals surface area contributed by atoms with Crippen molar-refractivity contribution in [3.63, 3.8) is 0 Å². The van der Waals surface area contributed by atoms with Crippen LogP contribution in [0.1, 0.15) is 21.6 Å². The Morgan fingerprint density at radius 2 is 2.00 bits per heavy atom. The highest BCUT2D eigenvalue weighted by atomic mass is 32.1. The molecule has 1 aromatic heterocycles. The van der Waals surface area contributed by atoms with Crippen molar-refractivity contribution in [2.24, 2.45) is 0 Å². The molecule has 1 saturated heterocycles. The first-order valence-corrected chi connectivity index (χ1v) is 8.54. The van der Waals surface area contributed by atoms with Crippen LogP contribution in [0, 0.1) is 0 Å². The Morgan fingerprint density at radius 3 is 2.72 bits per heavy atom. The molecule has 0 atom stereocenters. The van der Waals surface area contributed by atoms with Gasteiger partial charge in [0.25, 0.3) is 5.91 Å². The number of ether oxygens (including phenoxy) is 1. The van der Waals surface area contributed by atoms with Crippen LogP contribution >= 0.6 is 11.3 Å². The van der Waals surface area contributed by atoms with Crippen molar-refractivity contribution < 1.29 is 22.7 Å². The Kier molecular flexibility index (Phi) is 5.24. The quantitative estimate of drug-likeness (QED) is 0.898. The first kappa shape index (κ1) is 17.7. The molecule has 134 valence electrons. The molecule has 1 amide bonds. The van der Waals surface area contributed by atoms with Gasteiger partial charge < -0.3 is 15.0 Å². The van der Waals surface area contributed by atoms with Gasteiger partial charge in [-0.2, -0.15) is 13.2 Å². The van der Waals surface area contributed by atoms with Crippen molar-refractivity contribution in [3.8, 4) is 0 Å². The number of thiazole rings is 1. The number of halogens is 3. The summed E-state index contributed by atoms with van der Waals surface area (Å²) in [5.41, 5.74) is -0.523. The minimum absolute atomic E-state index is 0.0204. The molecule has 1 aliphatic heterocycles. The molecule has 3 rings (SSSR count). The van der Waals surface area contributed by atoms with Gasteiger partial charge in [-0.05, 0) is 11.6 Å². The molecule has 0 saturated carbocycles. The molecule has 0 aliphatic carbocycles. The maximum atomic E-state index is 13.0. The van der Waals surface area contributed by atoms with Crippen LogP contribution in [0.4, 0.5) is 18.3 Å². The summed E-state index contributed by atoms with van der Waals surface area (Å²) in [6, 6.07) is 5.18. The second kappa shape index (κ2) is 7.40. The number of carbonyl (C=O) groups excluding carboxylic acids is 1. The van der Waals surface area contributed by atoms with Gasteiger partial charge in [0.2, 0.25) is 0 Å². The molecule has 1 fully saturated rings. The third-order valence-electron chi connectivity index (χ3n) is 3.77. The molecule has 5 nitrogen and oxygen atoms in total. The van der Waals surface area contributed by atoms with Crippen LogP contribution in [-0.2, 0) is 17.5 Å². The van der Waals surface area contributed by atoms with Gasteiger partial charge in [0.05, 0.1) is 18.8 Å². The van der Waals surface area contributed by atoms with E-state index in [2.05, 4.69) is 10.3 Å². The fourth-order valence-corrected chi connectivity index (χ4v) is 3.34. The molecule has 0 unspecified atom stereocenters. The zero-order valence-electron chi connectivity index (χ0n) is 13.2. The minimum Gasteiger partial charge on any atom is -0.378 e. The lowest BCUT2D eigenvalue weighted by Gasteiger charge is -2.25. The fraction of sp³-hybridized carbons (Fsp3) is 0.375. The summed E-state index contributed by atoms with van der Waals surface area (Å²) < 4.78 is 44.2. The van der Waals surface area contributed by atoms with Gasteiger partial charge in [-0.1, -0.05) is 18.2 Å². The molecule has 0 radical (unpaired) electrons. The van der Waals surface area contributed by atoms with Crippen LogP contribution < -0.4 is 10.2 Å². The Hall–Kier alpha value is -2.13. The summed E-state index contributed by atoms with van der Waals surface area (Å²) in [7, 11) is 0. The summed E-state index contributed by atoms with van der Waals surface area (Å²) in [5, 5.41) is 4.83. The second-order valence-corrected chi connectivity index (χ2v) is 6.29. The van der Waals surface area contributed by atoms with E-state index in [4.69, 9.17) is 4.74 Å². The highest BCUT2D eigenvalue weighted by Gasteiger charge is 2.32. The van der Waals surface area contributed by atoms with Crippen molar-refractivity contribution >= 4 is 22.4 Å². The number of amides is 1. The number of nitrogens with zero attached hydrogens (tertiary/aromatic N) is 2. The lowest BCUT2D eigenvalue weighted by atomic mass is 10.1. The van der Waals surface area contributed by atoms with Gasteiger partial charge in [0.1, 0.15) is 5.69 Å². The molecular formula is C16H16F3N3O2S. The number of anilines is 1. The van der Waals surface area contributed by atoms with Crippen LogP contribution in [0.2, 0.25) is 0 Å². The Labute approximate surface area is 146 Å². The zero-order chi connectivity index (χ0) is 17.9. The van der Waals surface area contributed by atoms with Gasteiger partial charge in [0.15, 0.2) is 5.13 Å². The maximum Gasteiger partial charge on any atom is 0.416 e. The Bertz CT molecular complexity index is 742. The number of nitrogens with one attached hydrogen (secondary N) is 1. The smallest absolute Gasteiger partial charge is 0.378 e. The van der Waals surface area contributed by atoms with Crippen LogP contribution in [0.5, 0.6) is 0 Å². The largest absolute Gasteiger partial charge is 0.416 e. The van der Waals surface area contributed by atoms with Crippen LogP contribution in [0.3, 0.4) is 0 Å². The van der Waals surface area contributed by atoms with Gasteiger partial charge in [-0.3, -0.25) is 4.79 Å². The summed E-state index contributed by atoms with van der Waals surface area (Å²) in [4.78, 5) is 18.5. The second-order valence-electron chi connectivity index (χ2n) is 5.45. The Balaban J connectivity index is 1.65. The topological polar surface area (TPSA) is 54.5 Å². The van der Waals surface area contributed by atoms with E-state index < -0.39 is 17.6 Å². The van der Waals surface area contributed by atoms with E-state index in [0.29, 0.717) is 31.4 Å². The van der Waals surface area contributed by atoms with E-state index >= 15 is 0 Å². The standard InChI is InChI=1S/C16H16F3N3O2S/c17-16(18,19)12-4-2-1-3-11(12)9-20-14(23)13-10-25-15(21-13)22-5-7-24-8-6-22/h1-4,10H,5-9H2,(H,20,23). The summed E-state index contributed by atoms with van der Waals surface area (Å²) in [6.07, 6.45) is -4.45. The first-order valence-electron chi connectivity index (χ1n) is 7.66. The molecular weight excluding hydrogens is 355 g/mol. The molecule has 9 heteroatoms. The molecule has 2 heterocycles. The lowest BCUT2D eigenvalue weighted by molar-refractivity contribution is -0.138. The molecule has 1 aliphatic rings. The van der Waals surface area contributed by atoms with E-state index in [9.17, 15) is 18.0 Å². The summed E-state index contributed by atoms with van der Waals surface area (Å²) >= 11 is 1.33. The monoisotopic (exact) mass is 371 g/mol. The van der Waals surface area contributed by atoms with E-state index in [-0.39, 0.29) is 17.8 Å². The third kappa shape index (κ3) is 4.29. The lowest BCUT2D eigenvalue weighted by Crippen LogP contribution is -2.36. The van der Waals surface area contributed by atoms with E-state index in [1.165, 1.54) is 29.5 Å². The van der Waals surface area contributed by atoms with Crippen LogP contribution in [0.25, 0.3) is 0 Å². The van der Waals surface area contributed by atoms with E-state index in [0.717, 1.165) is 6.07 Å². The average molecular weight is 371 g/mol. The highest BCUT2D eigenvalue weighted by molar-refractivity contribution is 7.13. The number of benzene rings is 1. The predicted molar refractivity (Wildman–Crippen MR) is 87.8 cm³/mol. The predicted octanol–water partition coefficient (Wildman–Crippen LogP) is 2.93. The number of aromatic nitrogens is 1. The van der Waals surface area contributed by atoms with E-state index in [1.54, 1.807) is 5.38 Å². The summed E-state index contributed by atoms with van der Waals surface area (Å²) in [5.74, 6) is -0.493. The van der Waals surface area contributed by atoms with Gasteiger partial charge >= 0.3 is 6.18 Å². The van der Waals surface area contributed by atoms with Crippen LogP contribution in [-0.4, -0.2) is 37.2 Å².